The van der Waals surface area contributed by atoms with Gasteiger partial charge in [0.25, 0.3) is 0 Å². The molecular weight excluding hydrogens is 240 g/mol. The van der Waals surface area contributed by atoms with Gasteiger partial charge in [0.2, 0.25) is 0 Å². The van der Waals surface area contributed by atoms with Crippen LogP contribution < -0.4 is 5.73 Å². The molecule has 0 amide bonds. The number of nitrogens with two attached hydrogens (primary N) is 1. The normalized spacial score (nSPS) is 23.8. The van der Waals surface area contributed by atoms with E-state index in [0.29, 0.717) is 0 Å². The Morgan fingerprint density at radius 2 is 1.89 bits per heavy atom. The second-order valence-corrected chi connectivity index (χ2v) is 5.72. The molecule has 0 radical (unpaired) electrons. The third kappa shape index (κ3) is 4.99. The highest BCUT2D eigenvalue weighted by atomic mass is 16.5. The largest absolute Gasteiger partial charge is 0.379 e. The van der Waals surface area contributed by atoms with Crippen molar-refractivity contribution in [2.24, 2.45) is 16.6 Å². The molecule has 0 aromatic carbocycles. The Morgan fingerprint density at radius 3 is 2.58 bits per heavy atom. The van der Waals surface area contributed by atoms with E-state index in [0.717, 1.165) is 70.8 Å². The summed E-state index contributed by atoms with van der Waals surface area (Å²) in [5, 5.41) is 0. The molecule has 2 aliphatic rings. The third-order valence-corrected chi connectivity index (χ3v) is 4.12. The summed E-state index contributed by atoms with van der Waals surface area (Å²) in [7, 11) is 0. The first-order valence-electron chi connectivity index (χ1n) is 7.60. The van der Waals surface area contributed by atoms with Gasteiger partial charge in [-0.25, -0.2) is 0 Å². The van der Waals surface area contributed by atoms with E-state index in [4.69, 9.17) is 10.5 Å². The van der Waals surface area contributed by atoms with Gasteiger partial charge in [-0.15, -0.1) is 0 Å². The van der Waals surface area contributed by atoms with Crippen molar-refractivity contribution in [3.05, 3.63) is 0 Å². The summed E-state index contributed by atoms with van der Waals surface area (Å²) < 4.78 is 5.34. The number of aliphatic imine (C=N–C) groups is 1. The number of guanidine groups is 1. The maximum atomic E-state index is 6.06. The molecule has 2 rings (SSSR count). The fourth-order valence-electron chi connectivity index (χ4n) is 2.65. The summed E-state index contributed by atoms with van der Waals surface area (Å²) >= 11 is 0. The molecule has 0 bridgehead atoms. The molecule has 0 unspecified atom stereocenters. The van der Waals surface area contributed by atoms with Gasteiger partial charge in [0.1, 0.15) is 0 Å². The fourth-order valence-corrected chi connectivity index (χ4v) is 2.65. The molecule has 19 heavy (non-hydrogen) atoms. The molecule has 2 saturated heterocycles. The van der Waals surface area contributed by atoms with Crippen molar-refractivity contribution in [2.45, 2.75) is 26.2 Å². The summed E-state index contributed by atoms with van der Waals surface area (Å²) in [4.78, 5) is 9.19. The minimum absolute atomic E-state index is 0.744. The van der Waals surface area contributed by atoms with Crippen LogP contribution in [-0.2, 0) is 4.74 Å². The molecule has 5 heteroatoms. The maximum Gasteiger partial charge on any atom is 0.191 e. The Hall–Kier alpha value is -0.810. The Morgan fingerprint density at radius 1 is 1.21 bits per heavy atom. The molecule has 0 saturated carbocycles. The molecule has 2 fully saturated rings. The van der Waals surface area contributed by atoms with E-state index in [1.807, 2.05) is 0 Å². The van der Waals surface area contributed by atoms with Crippen LogP contribution in [0.5, 0.6) is 0 Å². The highest BCUT2D eigenvalue weighted by Crippen LogP contribution is 2.15. The van der Waals surface area contributed by atoms with Crippen LogP contribution in [0.1, 0.15) is 26.2 Å². The molecular formula is C14H28N4O. The van der Waals surface area contributed by atoms with Gasteiger partial charge in [-0.3, -0.25) is 9.89 Å². The van der Waals surface area contributed by atoms with E-state index >= 15 is 0 Å². The van der Waals surface area contributed by atoms with E-state index in [2.05, 4.69) is 21.7 Å². The van der Waals surface area contributed by atoms with E-state index in [1.165, 1.54) is 12.8 Å². The fraction of sp³-hybridized carbons (Fsp3) is 0.929. The van der Waals surface area contributed by atoms with Gasteiger partial charge < -0.3 is 15.4 Å². The topological polar surface area (TPSA) is 54.1 Å². The SMILES string of the molecule is CC1CCN(C(N)=NCCCN2CCOCC2)CC1. The van der Waals surface area contributed by atoms with Crippen molar-refractivity contribution in [1.29, 1.82) is 0 Å². The number of morpholine rings is 1. The summed E-state index contributed by atoms with van der Waals surface area (Å²) in [6.45, 7) is 10.3. The van der Waals surface area contributed by atoms with Gasteiger partial charge >= 0.3 is 0 Å². The highest BCUT2D eigenvalue weighted by Gasteiger charge is 2.16. The highest BCUT2D eigenvalue weighted by molar-refractivity contribution is 5.78. The second-order valence-electron chi connectivity index (χ2n) is 5.72. The lowest BCUT2D eigenvalue weighted by molar-refractivity contribution is 0.0377. The molecule has 110 valence electrons. The zero-order valence-electron chi connectivity index (χ0n) is 12.2. The van der Waals surface area contributed by atoms with Crippen molar-refractivity contribution >= 4 is 5.96 Å². The molecule has 0 aliphatic carbocycles. The van der Waals surface area contributed by atoms with Gasteiger partial charge in [-0.05, 0) is 25.2 Å². The predicted octanol–water partition coefficient (Wildman–Crippen LogP) is 0.755. The molecule has 0 atom stereocenters. The molecule has 5 nitrogen and oxygen atoms in total. The van der Waals surface area contributed by atoms with Gasteiger partial charge in [0.15, 0.2) is 5.96 Å². The number of nitrogens with zero attached hydrogens (tertiary/aromatic N) is 3. The average Bonchev–Trinajstić information content (AvgIpc) is 2.45. The van der Waals surface area contributed by atoms with Gasteiger partial charge in [0, 0.05) is 39.3 Å². The first-order valence-corrected chi connectivity index (χ1v) is 7.60. The van der Waals surface area contributed by atoms with Gasteiger partial charge in [-0.1, -0.05) is 6.92 Å². The summed E-state index contributed by atoms with van der Waals surface area (Å²) in [5.74, 6) is 1.58. The van der Waals surface area contributed by atoms with Crippen LogP contribution in [0.15, 0.2) is 4.99 Å². The average molecular weight is 268 g/mol. The lowest BCUT2D eigenvalue weighted by atomic mass is 10.00. The van der Waals surface area contributed by atoms with Crippen molar-refractivity contribution in [2.75, 3.05) is 52.5 Å². The number of piperidine rings is 1. The van der Waals surface area contributed by atoms with E-state index < -0.39 is 0 Å². The quantitative estimate of drug-likeness (QED) is 0.464. The minimum atomic E-state index is 0.744. The van der Waals surface area contributed by atoms with Crippen LogP contribution in [0, 0.1) is 5.92 Å². The first kappa shape index (κ1) is 14.6. The summed E-state index contributed by atoms with van der Waals surface area (Å²) in [6, 6.07) is 0. The molecule has 2 N–H and O–H groups in total. The van der Waals surface area contributed by atoms with Crippen LogP contribution in [-0.4, -0.2) is 68.2 Å². The molecule has 2 heterocycles. The van der Waals surface area contributed by atoms with Crippen molar-refractivity contribution < 1.29 is 4.74 Å². The standard InChI is InChI=1S/C14H28N4O/c1-13-3-7-18(8-4-13)14(15)16-5-2-6-17-9-11-19-12-10-17/h13H,2-12H2,1H3,(H2,15,16). The van der Waals surface area contributed by atoms with Crippen LogP contribution in [0.25, 0.3) is 0 Å². The van der Waals surface area contributed by atoms with Crippen LogP contribution in [0.4, 0.5) is 0 Å². The third-order valence-electron chi connectivity index (χ3n) is 4.12. The predicted molar refractivity (Wildman–Crippen MR) is 78.3 cm³/mol. The van der Waals surface area contributed by atoms with Crippen LogP contribution in [0.2, 0.25) is 0 Å². The Labute approximate surface area is 116 Å². The van der Waals surface area contributed by atoms with Crippen molar-refractivity contribution in [3.8, 4) is 0 Å². The maximum absolute atomic E-state index is 6.06. The van der Waals surface area contributed by atoms with Gasteiger partial charge in [-0.2, -0.15) is 0 Å². The molecule has 0 aromatic heterocycles. The number of likely N-dealkylation sites (tertiary alicyclic amines) is 1. The first-order chi connectivity index (χ1) is 9.25. The second kappa shape index (κ2) is 7.70. The van der Waals surface area contributed by atoms with Crippen LogP contribution in [0.3, 0.4) is 0 Å². The van der Waals surface area contributed by atoms with Crippen molar-refractivity contribution in [3.63, 3.8) is 0 Å². The summed E-state index contributed by atoms with van der Waals surface area (Å²) in [6.07, 6.45) is 3.57. The zero-order chi connectivity index (χ0) is 13.5. The lowest BCUT2D eigenvalue weighted by Gasteiger charge is -2.31. The molecule has 2 aliphatic heterocycles. The minimum Gasteiger partial charge on any atom is -0.379 e. The number of hydrogen-bond acceptors (Lipinski definition) is 3. The van der Waals surface area contributed by atoms with E-state index in [9.17, 15) is 0 Å². The number of hydrogen-bond donors (Lipinski definition) is 1. The summed E-state index contributed by atoms with van der Waals surface area (Å²) in [5.41, 5.74) is 6.06. The van der Waals surface area contributed by atoms with Crippen LogP contribution >= 0.6 is 0 Å². The smallest absolute Gasteiger partial charge is 0.191 e. The lowest BCUT2D eigenvalue weighted by Crippen LogP contribution is -2.42. The molecule has 0 spiro atoms. The van der Waals surface area contributed by atoms with E-state index in [-0.39, 0.29) is 0 Å². The Balaban J connectivity index is 1.61. The van der Waals surface area contributed by atoms with Crippen molar-refractivity contribution in [1.82, 2.24) is 9.80 Å². The Kier molecular flexibility index (Phi) is 5.92. The number of rotatable bonds is 4. The van der Waals surface area contributed by atoms with E-state index in [1.54, 1.807) is 0 Å². The molecule has 0 aromatic rings. The van der Waals surface area contributed by atoms with Gasteiger partial charge in [0.05, 0.1) is 13.2 Å². The monoisotopic (exact) mass is 268 g/mol. The Bertz CT molecular complexity index is 281. The number of ether oxygens (including phenoxy) is 1. The zero-order valence-corrected chi connectivity index (χ0v) is 12.2.